The Morgan fingerprint density at radius 2 is 1.90 bits per heavy atom. The molecule has 1 unspecified atom stereocenters. The number of hydrogen-bond acceptors (Lipinski definition) is 6. The van der Waals surface area contributed by atoms with Crippen LogP contribution in [-0.2, 0) is 9.47 Å². The third-order valence-electron chi connectivity index (χ3n) is 4.02. The van der Waals surface area contributed by atoms with Gasteiger partial charge in [-0.1, -0.05) is 35.3 Å². The van der Waals surface area contributed by atoms with Gasteiger partial charge in [-0.15, -0.1) is 0 Å². The van der Waals surface area contributed by atoms with E-state index in [0.29, 0.717) is 18.0 Å². The largest absolute Gasteiger partial charge is 0.462 e. The molecule has 168 valence electrons. The number of amides is 1. The number of carbonyl (C=O) groups excluding carboxylic acids is 2. The summed E-state index contributed by atoms with van der Waals surface area (Å²) >= 11 is 12.2. The van der Waals surface area contributed by atoms with Gasteiger partial charge in [-0.3, -0.25) is 0 Å². The van der Waals surface area contributed by atoms with E-state index in [9.17, 15) is 9.59 Å². The lowest BCUT2D eigenvalue weighted by Gasteiger charge is -2.23. The summed E-state index contributed by atoms with van der Waals surface area (Å²) in [6, 6.07) is 10.1. The van der Waals surface area contributed by atoms with Crippen LogP contribution in [0, 0.1) is 0 Å². The smallest absolute Gasteiger partial charge is 0.407 e. The zero-order valence-electron chi connectivity index (χ0n) is 18.0. The summed E-state index contributed by atoms with van der Waals surface area (Å²) < 4.78 is 10.4. The van der Waals surface area contributed by atoms with E-state index >= 15 is 0 Å². The van der Waals surface area contributed by atoms with Crippen molar-refractivity contribution in [1.82, 2.24) is 10.3 Å². The highest BCUT2D eigenvalue weighted by Crippen LogP contribution is 2.27. The molecule has 0 aliphatic heterocycles. The molecule has 1 aromatic carbocycles. The van der Waals surface area contributed by atoms with Crippen molar-refractivity contribution in [1.29, 1.82) is 0 Å². The van der Waals surface area contributed by atoms with Crippen LogP contribution >= 0.6 is 23.2 Å². The molecule has 0 bridgehead atoms. The van der Waals surface area contributed by atoms with Gasteiger partial charge < -0.3 is 20.1 Å². The van der Waals surface area contributed by atoms with E-state index in [4.69, 9.17) is 32.7 Å². The molecule has 0 saturated heterocycles. The third kappa shape index (κ3) is 8.26. The fraction of sp³-hybridized carbons (Fsp3) is 0.409. The standard InChI is InChI=1S/C22H27Cl2N3O4/c1-5-30-20(28)16-9-10-18(24)27-19(16)26-17(14-7-6-8-15(23)13-14)11-12-25-21(29)31-22(2,3)4/h6-10,13,17H,5,11-12H2,1-4H3,(H,25,29)(H,26,27). The van der Waals surface area contributed by atoms with Crippen molar-refractivity contribution in [2.75, 3.05) is 18.5 Å². The molecule has 2 rings (SSSR count). The molecule has 0 saturated carbocycles. The minimum Gasteiger partial charge on any atom is -0.462 e. The molecule has 1 heterocycles. The molecule has 7 nitrogen and oxygen atoms in total. The summed E-state index contributed by atoms with van der Waals surface area (Å²) in [5.41, 5.74) is 0.530. The molecule has 1 amide bonds. The first-order chi connectivity index (χ1) is 14.6. The second-order valence-corrected chi connectivity index (χ2v) is 8.54. The second kappa shape index (κ2) is 11.2. The number of anilines is 1. The predicted molar refractivity (Wildman–Crippen MR) is 122 cm³/mol. The van der Waals surface area contributed by atoms with Gasteiger partial charge in [0.2, 0.25) is 0 Å². The normalized spacial score (nSPS) is 12.1. The van der Waals surface area contributed by atoms with E-state index in [0.717, 1.165) is 5.56 Å². The topological polar surface area (TPSA) is 89.5 Å². The third-order valence-corrected chi connectivity index (χ3v) is 4.47. The van der Waals surface area contributed by atoms with E-state index in [1.807, 2.05) is 12.1 Å². The summed E-state index contributed by atoms with van der Waals surface area (Å²) in [6.45, 7) is 7.66. The molecule has 1 atom stereocenters. The van der Waals surface area contributed by atoms with E-state index in [2.05, 4.69) is 15.6 Å². The number of halogens is 2. The number of benzene rings is 1. The number of carbonyl (C=O) groups is 2. The maximum Gasteiger partial charge on any atom is 0.407 e. The van der Waals surface area contributed by atoms with Crippen LogP contribution in [0.2, 0.25) is 10.2 Å². The summed E-state index contributed by atoms with van der Waals surface area (Å²) in [4.78, 5) is 28.6. The van der Waals surface area contributed by atoms with Gasteiger partial charge in [-0.05, 0) is 63.9 Å². The van der Waals surface area contributed by atoms with E-state index in [1.165, 1.54) is 6.07 Å². The van der Waals surface area contributed by atoms with Crippen molar-refractivity contribution in [3.8, 4) is 0 Å². The minimum atomic E-state index is -0.589. The lowest BCUT2D eigenvalue weighted by Crippen LogP contribution is -2.34. The van der Waals surface area contributed by atoms with Crippen LogP contribution in [0.5, 0.6) is 0 Å². The molecule has 9 heteroatoms. The highest BCUT2D eigenvalue weighted by molar-refractivity contribution is 6.30. The molecule has 0 radical (unpaired) electrons. The quantitative estimate of drug-likeness (QED) is 0.385. The number of pyridine rings is 1. The van der Waals surface area contributed by atoms with Gasteiger partial charge in [0.05, 0.1) is 12.6 Å². The summed E-state index contributed by atoms with van der Waals surface area (Å²) in [5, 5.41) is 6.78. The van der Waals surface area contributed by atoms with Gasteiger partial charge in [-0.2, -0.15) is 0 Å². The van der Waals surface area contributed by atoms with Gasteiger partial charge in [0.25, 0.3) is 0 Å². The summed E-state index contributed by atoms with van der Waals surface area (Å²) in [5.74, 6) is -0.223. The Balaban J connectivity index is 2.23. The molecule has 0 aliphatic carbocycles. The average molecular weight is 468 g/mol. The van der Waals surface area contributed by atoms with Crippen molar-refractivity contribution in [3.63, 3.8) is 0 Å². The first-order valence-electron chi connectivity index (χ1n) is 9.91. The van der Waals surface area contributed by atoms with Crippen LogP contribution in [0.15, 0.2) is 36.4 Å². The number of esters is 1. The molecule has 2 N–H and O–H groups in total. The fourth-order valence-corrected chi connectivity index (χ4v) is 3.11. The Kier molecular flexibility index (Phi) is 8.95. The Morgan fingerprint density at radius 1 is 1.16 bits per heavy atom. The Bertz CT molecular complexity index is 916. The van der Waals surface area contributed by atoms with Crippen molar-refractivity contribution in [2.24, 2.45) is 0 Å². The number of ether oxygens (including phenoxy) is 2. The van der Waals surface area contributed by atoms with E-state index in [-0.39, 0.29) is 29.2 Å². The number of nitrogens with one attached hydrogen (secondary N) is 2. The molecule has 0 aliphatic rings. The molecular weight excluding hydrogens is 441 g/mol. The molecular formula is C22H27Cl2N3O4. The van der Waals surface area contributed by atoms with Gasteiger partial charge >= 0.3 is 12.1 Å². The van der Waals surface area contributed by atoms with E-state index in [1.54, 1.807) is 45.9 Å². The summed E-state index contributed by atoms with van der Waals surface area (Å²) in [6.07, 6.45) is -0.0406. The number of alkyl carbamates (subject to hydrolysis) is 1. The van der Waals surface area contributed by atoms with Crippen LogP contribution in [0.4, 0.5) is 10.6 Å². The van der Waals surface area contributed by atoms with Crippen LogP contribution in [0.3, 0.4) is 0 Å². The van der Waals surface area contributed by atoms with Crippen molar-refractivity contribution >= 4 is 41.1 Å². The van der Waals surface area contributed by atoms with Crippen LogP contribution in [0.1, 0.15) is 56.1 Å². The monoisotopic (exact) mass is 467 g/mol. The van der Waals surface area contributed by atoms with Gasteiger partial charge in [-0.25, -0.2) is 14.6 Å². The Hall–Kier alpha value is -2.51. The number of hydrogen-bond donors (Lipinski definition) is 2. The highest BCUT2D eigenvalue weighted by atomic mass is 35.5. The average Bonchev–Trinajstić information content (AvgIpc) is 2.66. The van der Waals surface area contributed by atoms with Gasteiger partial charge in [0.15, 0.2) is 0 Å². The van der Waals surface area contributed by atoms with Crippen LogP contribution in [-0.4, -0.2) is 35.8 Å². The van der Waals surface area contributed by atoms with Crippen LogP contribution < -0.4 is 10.6 Å². The number of nitrogens with zero attached hydrogens (tertiary/aromatic N) is 1. The molecule has 31 heavy (non-hydrogen) atoms. The second-order valence-electron chi connectivity index (χ2n) is 7.72. The molecule has 2 aromatic rings. The van der Waals surface area contributed by atoms with Crippen molar-refractivity contribution in [2.45, 2.75) is 45.8 Å². The van der Waals surface area contributed by atoms with Crippen molar-refractivity contribution in [3.05, 3.63) is 57.7 Å². The molecule has 1 aromatic heterocycles. The minimum absolute atomic E-state index is 0.229. The SMILES string of the molecule is CCOC(=O)c1ccc(Cl)nc1NC(CCNC(=O)OC(C)(C)C)c1cccc(Cl)c1. The zero-order valence-corrected chi connectivity index (χ0v) is 19.5. The van der Waals surface area contributed by atoms with Crippen molar-refractivity contribution < 1.29 is 19.1 Å². The maximum absolute atomic E-state index is 12.3. The lowest BCUT2D eigenvalue weighted by atomic mass is 10.0. The van der Waals surface area contributed by atoms with Crippen LogP contribution in [0.25, 0.3) is 0 Å². The van der Waals surface area contributed by atoms with Gasteiger partial charge in [0, 0.05) is 11.6 Å². The summed E-state index contributed by atoms with van der Waals surface area (Å²) in [7, 11) is 0. The molecule has 0 spiro atoms. The zero-order chi connectivity index (χ0) is 23.0. The predicted octanol–water partition coefficient (Wildman–Crippen LogP) is 5.63. The van der Waals surface area contributed by atoms with E-state index < -0.39 is 17.7 Å². The highest BCUT2D eigenvalue weighted by Gasteiger charge is 2.21. The molecule has 0 fully saturated rings. The lowest BCUT2D eigenvalue weighted by molar-refractivity contribution is 0.0517. The number of aromatic nitrogens is 1. The fourth-order valence-electron chi connectivity index (χ4n) is 2.76. The van der Waals surface area contributed by atoms with Gasteiger partial charge in [0.1, 0.15) is 22.1 Å². The Labute approximate surface area is 192 Å². The number of rotatable bonds is 8. The first kappa shape index (κ1) is 24.8. The Morgan fingerprint density at radius 3 is 2.55 bits per heavy atom. The first-order valence-corrected chi connectivity index (χ1v) is 10.7. The maximum atomic E-state index is 12.3.